The molecule has 1 atom stereocenters. The summed E-state index contributed by atoms with van der Waals surface area (Å²) in [6.07, 6.45) is 4.07. The smallest absolute Gasteiger partial charge is 0.0208 e. The SMILES string of the molecule is CC1(C)CCC[C@@H]1NCc1ccccc1. The first-order valence-electron chi connectivity index (χ1n) is 5.96. The zero-order valence-corrected chi connectivity index (χ0v) is 9.79. The molecule has 0 amide bonds. The van der Waals surface area contributed by atoms with Crippen molar-refractivity contribution < 1.29 is 0 Å². The lowest BCUT2D eigenvalue weighted by Gasteiger charge is -2.28. The molecule has 82 valence electrons. The van der Waals surface area contributed by atoms with Gasteiger partial charge < -0.3 is 5.32 Å². The van der Waals surface area contributed by atoms with E-state index in [4.69, 9.17) is 0 Å². The second kappa shape index (κ2) is 4.36. The van der Waals surface area contributed by atoms with Crippen LogP contribution in [0.2, 0.25) is 0 Å². The number of benzene rings is 1. The van der Waals surface area contributed by atoms with Crippen molar-refractivity contribution in [3.8, 4) is 0 Å². The lowest BCUT2D eigenvalue weighted by Crippen LogP contribution is -2.37. The first-order chi connectivity index (χ1) is 7.18. The van der Waals surface area contributed by atoms with Crippen molar-refractivity contribution in [2.45, 2.75) is 45.7 Å². The first kappa shape index (κ1) is 10.7. The molecule has 1 N–H and O–H groups in total. The van der Waals surface area contributed by atoms with Crippen LogP contribution < -0.4 is 5.32 Å². The first-order valence-corrected chi connectivity index (χ1v) is 5.96. The van der Waals surface area contributed by atoms with E-state index in [1.165, 1.54) is 24.8 Å². The molecular formula is C14H21N. The van der Waals surface area contributed by atoms with Gasteiger partial charge in [-0.3, -0.25) is 0 Å². The van der Waals surface area contributed by atoms with Crippen LogP contribution in [0, 0.1) is 5.41 Å². The zero-order valence-electron chi connectivity index (χ0n) is 9.79. The van der Waals surface area contributed by atoms with E-state index >= 15 is 0 Å². The largest absolute Gasteiger partial charge is 0.309 e. The van der Waals surface area contributed by atoms with Crippen LogP contribution in [0.25, 0.3) is 0 Å². The maximum absolute atomic E-state index is 3.69. The van der Waals surface area contributed by atoms with Crippen molar-refractivity contribution >= 4 is 0 Å². The molecule has 1 aromatic carbocycles. The van der Waals surface area contributed by atoms with E-state index in [2.05, 4.69) is 49.5 Å². The number of rotatable bonds is 3. The van der Waals surface area contributed by atoms with E-state index in [1.807, 2.05) is 0 Å². The van der Waals surface area contributed by atoms with Gasteiger partial charge in [0.2, 0.25) is 0 Å². The Hall–Kier alpha value is -0.820. The van der Waals surface area contributed by atoms with Gasteiger partial charge >= 0.3 is 0 Å². The summed E-state index contributed by atoms with van der Waals surface area (Å²) in [5.74, 6) is 0. The van der Waals surface area contributed by atoms with Gasteiger partial charge in [-0.05, 0) is 23.8 Å². The van der Waals surface area contributed by atoms with E-state index in [0.29, 0.717) is 11.5 Å². The lowest BCUT2D eigenvalue weighted by atomic mass is 9.87. The topological polar surface area (TPSA) is 12.0 Å². The summed E-state index contributed by atoms with van der Waals surface area (Å²) in [6.45, 7) is 5.76. The Morgan fingerprint density at radius 2 is 2.00 bits per heavy atom. The summed E-state index contributed by atoms with van der Waals surface area (Å²) in [6, 6.07) is 11.4. The summed E-state index contributed by atoms with van der Waals surface area (Å²) in [7, 11) is 0. The van der Waals surface area contributed by atoms with Crippen LogP contribution in [-0.2, 0) is 6.54 Å². The third-order valence-electron chi connectivity index (χ3n) is 3.65. The van der Waals surface area contributed by atoms with Crippen LogP contribution in [0.1, 0.15) is 38.7 Å². The van der Waals surface area contributed by atoms with Crippen molar-refractivity contribution in [2.24, 2.45) is 5.41 Å². The molecule has 2 rings (SSSR count). The lowest BCUT2D eigenvalue weighted by molar-refractivity contribution is 0.282. The predicted molar refractivity (Wildman–Crippen MR) is 64.7 cm³/mol. The summed E-state index contributed by atoms with van der Waals surface area (Å²) >= 11 is 0. The minimum absolute atomic E-state index is 0.481. The minimum atomic E-state index is 0.481. The van der Waals surface area contributed by atoms with E-state index < -0.39 is 0 Å². The average Bonchev–Trinajstić information content (AvgIpc) is 2.56. The van der Waals surface area contributed by atoms with E-state index in [9.17, 15) is 0 Å². The second-order valence-corrected chi connectivity index (χ2v) is 5.30. The van der Waals surface area contributed by atoms with Crippen molar-refractivity contribution in [1.29, 1.82) is 0 Å². The molecule has 0 saturated heterocycles. The zero-order chi connectivity index (χ0) is 10.7. The maximum atomic E-state index is 3.69. The monoisotopic (exact) mass is 203 g/mol. The van der Waals surface area contributed by atoms with E-state index in [1.54, 1.807) is 0 Å². The van der Waals surface area contributed by atoms with Crippen LogP contribution in [0.4, 0.5) is 0 Å². The molecule has 1 heteroatoms. The molecule has 1 aromatic rings. The van der Waals surface area contributed by atoms with Gasteiger partial charge in [-0.25, -0.2) is 0 Å². The highest BCUT2D eigenvalue weighted by Gasteiger charge is 2.33. The van der Waals surface area contributed by atoms with Crippen molar-refractivity contribution in [3.05, 3.63) is 35.9 Å². The maximum Gasteiger partial charge on any atom is 0.0208 e. The van der Waals surface area contributed by atoms with E-state index in [0.717, 1.165) is 6.54 Å². The van der Waals surface area contributed by atoms with Gasteiger partial charge in [-0.2, -0.15) is 0 Å². The van der Waals surface area contributed by atoms with Crippen LogP contribution in [0.15, 0.2) is 30.3 Å². The van der Waals surface area contributed by atoms with Crippen LogP contribution in [-0.4, -0.2) is 6.04 Å². The number of nitrogens with one attached hydrogen (secondary N) is 1. The Balaban J connectivity index is 1.89. The molecule has 1 aliphatic carbocycles. The van der Waals surface area contributed by atoms with Gasteiger partial charge in [0.15, 0.2) is 0 Å². The van der Waals surface area contributed by atoms with Crippen LogP contribution in [0.3, 0.4) is 0 Å². The molecule has 0 aromatic heterocycles. The molecule has 15 heavy (non-hydrogen) atoms. The molecule has 1 aliphatic rings. The molecule has 1 fully saturated rings. The Kier molecular flexibility index (Phi) is 3.11. The Bertz CT molecular complexity index is 302. The Morgan fingerprint density at radius 1 is 1.27 bits per heavy atom. The van der Waals surface area contributed by atoms with Gasteiger partial charge in [0, 0.05) is 12.6 Å². The summed E-state index contributed by atoms with van der Waals surface area (Å²) in [5, 5.41) is 3.69. The van der Waals surface area contributed by atoms with Gasteiger partial charge in [0.25, 0.3) is 0 Å². The fourth-order valence-corrected chi connectivity index (χ4v) is 2.54. The molecule has 0 bridgehead atoms. The van der Waals surface area contributed by atoms with Crippen molar-refractivity contribution in [3.63, 3.8) is 0 Å². The highest BCUT2D eigenvalue weighted by Crippen LogP contribution is 2.37. The normalized spacial score (nSPS) is 24.3. The highest BCUT2D eigenvalue weighted by atomic mass is 14.9. The standard InChI is InChI=1S/C14H21N/c1-14(2)10-6-9-13(14)15-11-12-7-4-3-5-8-12/h3-5,7-8,13,15H,6,9-11H2,1-2H3/t13-/m0/s1. The van der Waals surface area contributed by atoms with Gasteiger partial charge in [-0.15, -0.1) is 0 Å². The Morgan fingerprint density at radius 3 is 2.60 bits per heavy atom. The van der Waals surface area contributed by atoms with Crippen molar-refractivity contribution in [1.82, 2.24) is 5.32 Å². The molecule has 0 aliphatic heterocycles. The summed E-state index contributed by atoms with van der Waals surface area (Å²) in [4.78, 5) is 0. The third-order valence-corrected chi connectivity index (χ3v) is 3.65. The van der Waals surface area contributed by atoms with Gasteiger partial charge in [0.05, 0.1) is 0 Å². The fraction of sp³-hybridized carbons (Fsp3) is 0.571. The number of hydrogen-bond acceptors (Lipinski definition) is 1. The molecule has 0 spiro atoms. The highest BCUT2D eigenvalue weighted by molar-refractivity contribution is 5.14. The number of hydrogen-bond donors (Lipinski definition) is 1. The molecule has 1 nitrogen and oxygen atoms in total. The Labute approximate surface area is 92.9 Å². The molecule has 0 radical (unpaired) electrons. The summed E-state index contributed by atoms with van der Waals surface area (Å²) in [5.41, 5.74) is 1.87. The molecule has 0 unspecified atom stereocenters. The van der Waals surface area contributed by atoms with E-state index in [-0.39, 0.29) is 0 Å². The van der Waals surface area contributed by atoms with Gasteiger partial charge in [0.1, 0.15) is 0 Å². The van der Waals surface area contributed by atoms with Crippen molar-refractivity contribution in [2.75, 3.05) is 0 Å². The fourth-order valence-electron chi connectivity index (χ4n) is 2.54. The second-order valence-electron chi connectivity index (χ2n) is 5.30. The molecule has 0 heterocycles. The quantitative estimate of drug-likeness (QED) is 0.794. The predicted octanol–water partition coefficient (Wildman–Crippen LogP) is 3.35. The van der Waals surface area contributed by atoms with Crippen LogP contribution >= 0.6 is 0 Å². The summed E-state index contributed by atoms with van der Waals surface area (Å²) < 4.78 is 0. The van der Waals surface area contributed by atoms with Crippen LogP contribution in [0.5, 0.6) is 0 Å². The molecular weight excluding hydrogens is 182 g/mol. The molecule has 1 saturated carbocycles. The third kappa shape index (κ3) is 2.60. The van der Waals surface area contributed by atoms with Gasteiger partial charge in [-0.1, -0.05) is 50.6 Å². The minimum Gasteiger partial charge on any atom is -0.309 e. The average molecular weight is 203 g/mol.